The largest absolute Gasteiger partial charge is 0.330 e. The molecule has 0 aliphatic heterocycles. The number of carbonyl (C=O) groups excluding carboxylic acids is 1. The molecule has 0 rings (SSSR count). The van der Waals surface area contributed by atoms with Crippen LogP contribution in [0.1, 0.15) is 33.6 Å². The molecule has 0 spiro atoms. The van der Waals surface area contributed by atoms with Gasteiger partial charge in [-0.1, -0.05) is 20.8 Å². The van der Waals surface area contributed by atoms with Gasteiger partial charge in [-0.25, -0.2) is 5.48 Å². The van der Waals surface area contributed by atoms with Crippen molar-refractivity contribution in [3.05, 3.63) is 0 Å². The lowest BCUT2D eigenvalue weighted by Crippen LogP contribution is -2.30. The van der Waals surface area contributed by atoms with E-state index >= 15 is 0 Å². The molecule has 1 atom stereocenters. The molecule has 0 aliphatic rings. The fourth-order valence-corrected chi connectivity index (χ4v) is 0.935. The summed E-state index contributed by atoms with van der Waals surface area (Å²) in [5.41, 5.74) is 7.80. The summed E-state index contributed by atoms with van der Waals surface area (Å²) in [6, 6.07) is 0. The van der Waals surface area contributed by atoms with Gasteiger partial charge in [0.15, 0.2) is 0 Å². The minimum absolute atomic E-state index is 0.0225. The topological polar surface area (TPSA) is 64.3 Å². The highest BCUT2D eigenvalue weighted by molar-refractivity contribution is 5.77. The second-order valence-electron chi connectivity index (χ2n) is 4.00. The minimum atomic E-state index is -0.0564. The Morgan fingerprint density at radius 2 is 2.07 bits per heavy atom. The number of amides is 1. The van der Waals surface area contributed by atoms with Crippen LogP contribution in [0.5, 0.6) is 0 Å². The molecule has 0 saturated heterocycles. The van der Waals surface area contributed by atoms with Gasteiger partial charge < -0.3 is 5.73 Å². The van der Waals surface area contributed by atoms with Crippen LogP contribution < -0.4 is 11.2 Å². The molecule has 3 N–H and O–H groups in total. The van der Waals surface area contributed by atoms with Gasteiger partial charge in [-0.15, -0.1) is 0 Å². The number of hydrogen-bond donors (Lipinski definition) is 2. The molecule has 0 fully saturated rings. The van der Waals surface area contributed by atoms with Crippen molar-refractivity contribution in [1.29, 1.82) is 0 Å². The Morgan fingerprint density at radius 3 is 2.57 bits per heavy atom. The van der Waals surface area contributed by atoms with E-state index in [9.17, 15) is 4.79 Å². The van der Waals surface area contributed by atoms with E-state index in [0.29, 0.717) is 19.1 Å². The fourth-order valence-electron chi connectivity index (χ4n) is 0.935. The molecule has 0 aliphatic carbocycles. The standard InChI is InChI=1S/C10H22N2O2/c1-8(2)7-14-12-10(13)9(3)5-4-6-11/h8-9H,4-7,11H2,1-3H3,(H,12,13). The molecule has 84 valence electrons. The van der Waals surface area contributed by atoms with Gasteiger partial charge in [0.05, 0.1) is 6.61 Å². The Hall–Kier alpha value is -0.610. The molecule has 4 nitrogen and oxygen atoms in total. The molecule has 14 heavy (non-hydrogen) atoms. The normalized spacial score (nSPS) is 12.9. The number of nitrogens with one attached hydrogen (secondary N) is 1. The molecular weight excluding hydrogens is 180 g/mol. The maximum Gasteiger partial charge on any atom is 0.246 e. The Kier molecular flexibility index (Phi) is 7.42. The number of hydroxylamine groups is 1. The third-order valence-electron chi connectivity index (χ3n) is 1.88. The van der Waals surface area contributed by atoms with Gasteiger partial charge in [0, 0.05) is 5.92 Å². The SMILES string of the molecule is CC(C)CONC(=O)C(C)CCCN. The van der Waals surface area contributed by atoms with Gasteiger partial charge in [-0.3, -0.25) is 9.63 Å². The van der Waals surface area contributed by atoms with Crippen LogP contribution in [0.3, 0.4) is 0 Å². The summed E-state index contributed by atoms with van der Waals surface area (Å²) in [7, 11) is 0. The third kappa shape index (κ3) is 6.86. The molecule has 0 aromatic rings. The molecule has 0 saturated carbocycles. The summed E-state index contributed by atoms with van der Waals surface area (Å²) in [6.45, 7) is 7.12. The van der Waals surface area contributed by atoms with Crippen molar-refractivity contribution in [3.8, 4) is 0 Å². The van der Waals surface area contributed by atoms with Crippen molar-refractivity contribution in [2.75, 3.05) is 13.2 Å². The van der Waals surface area contributed by atoms with E-state index in [-0.39, 0.29) is 11.8 Å². The van der Waals surface area contributed by atoms with Crippen molar-refractivity contribution in [3.63, 3.8) is 0 Å². The van der Waals surface area contributed by atoms with Crippen LogP contribution in [-0.2, 0) is 9.63 Å². The summed E-state index contributed by atoms with van der Waals surface area (Å²) in [5, 5.41) is 0. The number of carbonyl (C=O) groups is 1. The van der Waals surface area contributed by atoms with E-state index in [0.717, 1.165) is 12.8 Å². The zero-order valence-electron chi connectivity index (χ0n) is 9.38. The van der Waals surface area contributed by atoms with Gasteiger partial charge in [-0.05, 0) is 25.3 Å². The van der Waals surface area contributed by atoms with Crippen LogP contribution in [0.25, 0.3) is 0 Å². The van der Waals surface area contributed by atoms with Gasteiger partial charge >= 0.3 is 0 Å². The molecule has 4 heteroatoms. The molecule has 1 unspecified atom stereocenters. The van der Waals surface area contributed by atoms with E-state index in [1.165, 1.54) is 0 Å². The minimum Gasteiger partial charge on any atom is -0.330 e. The second-order valence-corrected chi connectivity index (χ2v) is 4.00. The quantitative estimate of drug-likeness (QED) is 0.607. The lowest BCUT2D eigenvalue weighted by molar-refractivity contribution is -0.138. The highest BCUT2D eigenvalue weighted by Crippen LogP contribution is 2.04. The molecule has 0 heterocycles. The maximum atomic E-state index is 11.4. The lowest BCUT2D eigenvalue weighted by atomic mass is 10.1. The summed E-state index contributed by atoms with van der Waals surface area (Å²) < 4.78 is 0. The summed E-state index contributed by atoms with van der Waals surface area (Å²) in [4.78, 5) is 16.4. The lowest BCUT2D eigenvalue weighted by Gasteiger charge is -2.12. The van der Waals surface area contributed by atoms with Crippen LogP contribution in [0.15, 0.2) is 0 Å². The van der Waals surface area contributed by atoms with Crippen molar-refractivity contribution in [2.45, 2.75) is 33.6 Å². The first-order valence-electron chi connectivity index (χ1n) is 5.19. The summed E-state index contributed by atoms with van der Waals surface area (Å²) in [5.74, 6) is 0.347. The molecule has 0 radical (unpaired) electrons. The monoisotopic (exact) mass is 202 g/mol. The number of nitrogens with two attached hydrogens (primary N) is 1. The fraction of sp³-hybridized carbons (Fsp3) is 0.900. The third-order valence-corrected chi connectivity index (χ3v) is 1.88. The summed E-state index contributed by atoms with van der Waals surface area (Å²) in [6.07, 6.45) is 1.69. The second kappa shape index (κ2) is 7.76. The van der Waals surface area contributed by atoms with Gasteiger partial charge in [0.1, 0.15) is 0 Å². The Balaban J connectivity index is 3.52. The van der Waals surface area contributed by atoms with Crippen LogP contribution in [0.2, 0.25) is 0 Å². The van der Waals surface area contributed by atoms with E-state index in [2.05, 4.69) is 5.48 Å². The van der Waals surface area contributed by atoms with Crippen molar-refractivity contribution < 1.29 is 9.63 Å². The highest BCUT2D eigenvalue weighted by atomic mass is 16.6. The van der Waals surface area contributed by atoms with E-state index < -0.39 is 0 Å². The van der Waals surface area contributed by atoms with Gasteiger partial charge in [-0.2, -0.15) is 0 Å². The van der Waals surface area contributed by atoms with Crippen molar-refractivity contribution >= 4 is 5.91 Å². The number of rotatable bonds is 7. The summed E-state index contributed by atoms with van der Waals surface area (Å²) >= 11 is 0. The van der Waals surface area contributed by atoms with Crippen molar-refractivity contribution in [2.24, 2.45) is 17.6 Å². The highest BCUT2D eigenvalue weighted by Gasteiger charge is 2.11. The zero-order chi connectivity index (χ0) is 11.0. The molecule has 0 aromatic carbocycles. The van der Waals surface area contributed by atoms with E-state index in [1.807, 2.05) is 20.8 Å². The zero-order valence-corrected chi connectivity index (χ0v) is 9.38. The smallest absolute Gasteiger partial charge is 0.246 e. The average Bonchev–Trinajstić information content (AvgIpc) is 2.13. The Labute approximate surface area is 86.1 Å². The molecule has 1 amide bonds. The van der Waals surface area contributed by atoms with Crippen LogP contribution in [0, 0.1) is 11.8 Å². The van der Waals surface area contributed by atoms with Gasteiger partial charge in [0.25, 0.3) is 0 Å². The molecular formula is C10H22N2O2. The Bertz CT molecular complexity index is 160. The van der Waals surface area contributed by atoms with Crippen LogP contribution in [0.4, 0.5) is 0 Å². The first-order valence-corrected chi connectivity index (χ1v) is 5.19. The maximum absolute atomic E-state index is 11.4. The predicted octanol–water partition coefficient (Wildman–Crippen LogP) is 1.07. The molecule has 0 bridgehead atoms. The first-order chi connectivity index (χ1) is 6.57. The first kappa shape index (κ1) is 13.4. The Morgan fingerprint density at radius 1 is 1.43 bits per heavy atom. The predicted molar refractivity (Wildman–Crippen MR) is 56.4 cm³/mol. The van der Waals surface area contributed by atoms with Crippen LogP contribution >= 0.6 is 0 Å². The van der Waals surface area contributed by atoms with E-state index in [4.69, 9.17) is 10.6 Å². The van der Waals surface area contributed by atoms with Gasteiger partial charge in [0.2, 0.25) is 5.91 Å². The average molecular weight is 202 g/mol. The number of hydrogen-bond acceptors (Lipinski definition) is 3. The molecule has 0 aromatic heterocycles. The van der Waals surface area contributed by atoms with Crippen molar-refractivity contribution in [1.82, 2.24) is 5.48 Å². The van der Waals surface area contributed by atoms with Crippen LogP contribution in [-0.4, -0.2) is 19.1 Å². The van der Waals surface area contributed by atoms with E-state index in [1.54, 1.807) is 0 Å².